The van der Waals surface area contributed by atoms with Gasteiger partial charge in [-0.2, -0.15) is 0 Å². The molecule has 7 heteroatoms. The molecule has 2 rings (SSSR count). The highest BCUT2D eigenvalue weighted by molar-refractivity contribution is 7.88. The van der Waals surface area contributed by atoms with Crippen LogP contribution in [0.4, 0.5) is 0 Å². The minimum atomic E-state index is -3.18. The average Bonchev–Trinajstić information content (AvgIpc) is 2.55. The Balaban J connectivity index is 1.96. The second kappa shape index (κ2) is 9.20. The molecule has 1 fully saturated rings. The topological polar surface area (TPSA) is 73.8 Å². The van der Waals surface area contributed by atoms with E-state index in [1.165, 1.54) is 6.26 Å². The van der Waals surface area contributed by atoms with Crippen LogP contribution in [-0.4, -0.2) is 52.2 Å². The molecule has 0 heterocycles. The van der Waals surface area contributed by atoms with Crippen LogP contribution in [-0.2, 0) is 16.6 Å². The van der Waals surface area contributed by atoms with Crippen molar-refractivity contribution in [3.8, 4) is 0 Å². The van der Waals surface area contributed by atoms with E-state index < -0.39 is 10.0 Å². The second-order valence-electron chi connectivity index (χ2n) is 6.94. The van der Waals surface area contributed by atoms with Gasteiger partial charge in [-0.05, 0) is 24.3 Å². The Kier molecular flexibility index (Phi) is 7.25. The quantitative estimate of drug-likeness (QED) is 0.595. The highest BCUT2D eigenvalue weighted by Crippen LogP contribution is 2.24. The van der Waals surface area contributed by atoms with Gasteiger partial charge in [-0.25, -0.2) is 18.1 Å². The van der Waals surface area contributed by atoms with Crippen LogP contribution in [0, 0.1) is 5.92 Å². The lowest BCUT2D eigenvalue weighted by atomic mass is 9.85. The molecule has 0 bridgehead atoms. The van der Waals surface area contributed by atoms with Crippen molar-refractivity contribution in [2.24, 2.45) is 10.9 Å². The van der Waals surface area contributed by atoms with Gasteiger partial charge >= 0.3 is 0 Å². The Morgan fingerprint density at radius 3 is 2.52 bits per heavy atom. The van der Waals surface area contributed by atoms with Crippen molar-refractivity contribution in [2.45, 2.75) is 38.3 Å². The molecule has 6 nitrogen and oxygen atoms in total. The Hall–Kier alpha value is -1.60. The summed E-state index contributed by atoms with van der Waals surface area (Å²) in [6.07, 6.45) is 5.38. The Bertz CT molecular complexity index is 659. The van der Waals surface area contributed by atoms with Crippen molar-refractivity contribution in [1.82, 2.24) is 14.9 Å². The molecule has 1 aliphatic carbocycles. The summed E-state index contributed by atoms with van der Waals surface area (Å²) >= 11 is 0. The molecule has 2 N–H and O–H groups in total. The third-order valence-corrected chi connectivity index (χ3v) is 5.21. The maximum atomic E-state index is 11.6. The van der Waals surface area contributed by atoms with Crippen LogP contribution in [0.3, 0.4) is 0 Å². The van der Waals surface area contributed by atoms with Crippen LogP contribution in [0.15, 0.2) is 35.3 Å². The van der Waals surface area contributed by atoms with Crippen molar-refractivity contribution in [1.29, 1.82) is 0 Å². The molecule has 1 aliphatic rings. The summed E-state index contributed by atoms with van der Waals surface area (Å²) in [4.78, 5) is 6.63. The van der Waals surface area contributed by atoms with E-state index in [-0.39, 0.29) is 12.0 Å². The van der Waals surface area contributed by atoms with Gasteiger partial charge in [0.1, 0.15) is 0 Å². The fourth-order valence-electron chi connectivity index (χ4n) is 3.21. The van der Waals surface area contributed by atoms with Gasteiger partial charge in [0.15, 0.2) is 5.96 Å². The number of sulfonamides is 1. The first kappa shape index (κ1) is 19.7. The van der Waals surface area contributed by atoms with E-state index in [4.69, 9.17) is 0 Å². The van der Waals surface area contributed by atoms with Crippen LogP contribution in [0.2, 0.25) is 0 Å². The first-order valence-electron chi connectivity index (χ1n) is 8.82. The van der Waals surface area contributed by atoms with Gasteiger partial charge in [0, 0.05) is 26.7 Å². The monoisotopic (exact) mass is 366 g/mol. The molecular weight excluding hydrogens is 336 g/mol. The lowest BCUT2D eigenvalue weighted by Gasteiger charge is -2.32. The molecule has 0 radical (unpaired) electrons. The van der Waals surface area contributed by atoms with Crippen LogP contribution < -0.4 is 10.0 Å². The average molecular weight is 367 g/mol. The molecule has 1 saturated carbocycles. The number of rotatable bonds is 6. The largest absolute Gasteiger partial charge is 0.356 e. The smallest absolute Gasteiger partial charge is 0.208 e. The van der Waals surface area contributed by atoms with Gasteiger partial charge in [0.2, 0.25) is 10.0 Å². The van der Waals surface area contributed by atoms with E-state index in [0.29, 0.717) is 6.54 Å². The third-order valence-electron chi connectivity index (χ3n) is 4.47. The van der Waals surface area contributed by atoms with E-state index in [2.05, 4.69) is 27.2 Å². The highest BCUT2D eigenvalue weighted by atomic mass is 32.2. The van der Waals surface area contributed by atoms with Crippen LogP contribution >= 0.6 is 0 Å². The predicted octanol–water partition coefficient (Wildman–Crippen LogP) is 1.80. The van der Waals surface area contributed by atoms with E-state index in [0.717, 1.165) is 43.8 Å². The molecule has 0 aliphatic heterocycles. The minimum Gasteiger partial charge on any atom is -0.356 e. The zero-order valence-corrected chi connectivity index (χ0v) is 16.2. The maximum absolute atomic E-state index is 11.6. The predicted molar refractivity (Wildman–Crippen MR) is 103 cm³/mol. The zero-order chi connectivity index (χ0) is 18.3. The number of nitrogens with zero attached hydrogens (tertiary/aromatic N) is 2. The highest BCUT2D eigenvalue weighted by Gasteiger charge is 2.27. The molecule has 2 unspecified atom stereocenters. The summed E-state index contributed by atoms with van der Waals surface area (Å²) in [5.74, 6) is 1.11. The maximum Gasteiger partial charge on any atom is 0.208 e. The van der Waals surface area contributed by atoms with Gasteiger partial charge in [0.25, 0.3) is 0 Å². The summed E-state index contributed by atoms with van der Waals surface area (Å²) in [7, 11) is 0.748. The fourth-order valence-corrected chi connectivity index (χ4v) is 4.07. The van der Waals surface area contributed by atoms with Crippen LogP contribution in [0.25, 0.3) is 0 Å². The first-order chi connectivity index (χ1) is 11.8. The summed E-state index contributed by atoms with van der Waals surface area (Å²) in [5.41, 5.74) is 1.16. The van der Waals surface area contributed by atoms with Crippen molar-refractivity contribution in [2.75, 3.05) is 26.9 Å². The standard InChI is InChI=1S/C18H30N4O2S/c1-22(2)18(19-13-15-9-5-4-6-10-15)20-14-16-11-7-8-12-17(16)21-25(3,23)24/h4-6,9-10,16-17,21H,7-8,11-14H2,1-3H3,(H,19,20). The molecule has 0 amide bonds. The van der Waals surface area contributed by atoms with Crippen molar-refractivity contribution < 1.29 is 8.42 Å². The minimum absolute atomic E-state index is 0.00813. The summed E-state index contributed by atoms with van der Waals surface area (Å²) in [6, 6.07) is 10.1. The SMILES string of the molecule is CN(C)C(=NCc1ccccc1)NCC1CCCCC1NS(C)(=O)=O. The van der Waals surface area contributed by atoms with Gasteiger partial charge in [0.05, 0.1) is 12.8 Å². The van der Waals surface area contributed by atoms with Crippen molar-refractivity contribution >= 4 is 16.0 Å². The molecular formula is C18H30N4O2S. The lowest BCUT2D eigenvalue weighted by Crippen LogP contribution is -2.47. The number of nitrogens with one attached hydrogen (secondary N) is 2. The van der Waals surface area contributed by atoms with Crippen molar-refractivity contribution in [3.63, 3.8) is 0 Å². The third kappa shape index (κ3) is 7.04. The molecule has 0 aromatic heterocycles. The molecule has 0 saturated heterocycles. The number of hydrogen-bond acceptors (Lipinski definition) is 3. The van der Waals surface area contributed by atoms with E-state index >= 15 is 0 Å². The zero-order valence-electron chi connectivity index (χ0n) is 15.4. The Morgan fingerprint density at radius 2 is 1.88 bits per heavy atom. The second-order valence-corrected chi connectivity index (χ2v) is 8.72. The van der Waals surface area contributed by atoms with Gasteiger partial charge < -0.3 is 10.2 Å². The Morgan fingerprint density at radius 1 is 1.20 bits per heavy atom. The summed E-state index contributed by atoms with van der Waals surface area (Å²) in [6.45, 7) is 1.34. The van der Waals surface area contributed by atoms with E-state index in [1.807, 2.05) is 37.2 Å². The number of guanidine groups is 1. The molecule has 0 spiro atoms. The normalized spacial score (nSPS) is 21.8. The number of aliphatic imine (C=N–C) groups is 1. The molecule has 2 atom stereocenters. The van der Waals surface area contributed by atoms with Crippen LogP contribution in [0.5, 0.6) is 0 Å². The molecule has 1 aromatic carbocycles. The lowest BCUT2D eigenvalue weighted by molar-refractivity contribution is 0.287. The summed E-state index contributed by atoms with van der Waals surface area (Å²) in [5, 5.41) is 3.42. The number of hydrogen-bond donors (Lipinski definition) is 2. The molecule has 1 aromatic rings. The van der Waals surface area contributed by atoms with Crippen molar-refractivity contribution in [3.05, 3.63) is 35.9 Å². The van der Waals surface area contributed by atoms with Gasteiger partial charge in [-0.3, -0.25) is 0 Å². The summed E-state index contributed by atoms with van der Waals surface area (Å²) < 4.78 is 26.0. The molecule has 140 valence electrons. The first-order valence-corrected chi connectivity index (χ1v) is 10.7. The number of benzene rings is 1. The fraction of sp³-hybridized carbons (Fsp3) is 0.611. The van der Waals surface area contributed by atoms with Gasteiger partial charge in [-0.15, -0.1) is 0 Å². The molecule has 25 heavy (non-hydrogen) atoms. The van der Waals surface area contributed by atoms with Crippen LogP contribution in [0.1, 0.15) is 31.2 Å². The van der Waals surface area contributed by atoms with E-state index in [1.54, 1.807) is 0 Å². The van der Waals surface area contributed by atoms with Gasteiger partial charge in [-0.1, -0.05) is 43.2 Å². The Labute approximate surface area is 151 Å². The van der Waals surface area contributed by atoms with E-state index in [9.17, 15) is 8.42 Å².